The van der Waals surface area contributed by atoms with Crippen molar-refractivity contribution in [2.24, 2.45) is 0 Å². The first kappa shape index (κ1) is 28.3. The highest BCUT2D eigenvalue weighted by Gasteiger charge is 2.17. The summed E-state index contributed by atoms with van der Waals surface area (Å²) in [5, 5.41) is 3.97. The Morgan fingerprint density at radius 1 is 0.533 bits per heavy atom. The second-order valence-electron chi connectivity index (χ2n) is 10.5. The molecule has 7 aromatic rings. The average Bonchev–Trinajstić information content (AvgIpc) is 3.60. The summed E-state index contributed by atoms with van der Waals surface area (Å²) < 4.78 is 25.5. The lowest BCUT2D eigenvalue weighted by molar-refractivity contribution is -0.0227. The Kier molecular flexibility index (Phi) is 7.92. The molecule has 3 aromatic heterocycles. The van der Waals surface area contributed by atoms with E-state index in [0.717, 1.165) is 54.7 Å². The van der Waals surface area contributed by atoms with Gasteiger partial charge in [0.25, 0.3) is 0 Å². The van der Waals surface area contributed by atoms with Gasteiger partial charge in [-0.05, 0) is 41.5 Å². The van der Waals surface area contributed by atoms with Crippen LogP contribution in [-0.4, -0.2) is 46.3 Å². The molecule has 0 atom stereocenters. The molecular formula is C36H29N3O6. The van der Waals surface area contributed by atoms with Crippen LogP contribution in [0.25, 0.3) is 43.6 Å². The molecule has 224 valence electrons. The average molecular weight is 600 g/mol. The van der Waals surface area contributed by atoms with Gasteiger partial charge in [-0.15, -0.1) is 0 Å². The molecular weight excluding hydrogens is 570 g/mol. The largest absolute Gasteiger partial charge is 0.446 e. The number of aromatic nitrogens is 3. The summed E-state index contributed by atoms with van der Waals surface area (Å²) in [4.78, 5) is 30.3. The van der Waals surface area contributed by atoms with Crippen LogP contribution in [0.3, 0.4) is 0 Å². The summed E-state index contributed by atoms with van der Waals surface area (Å²) >= 11 is 0. The molecule has 0 N–H and O–H groups in total. The van der Waals surface area contributed by atoms with Crippen molar-refractivity contribution >= 4 is 55.8 Å². The normalized spacial score (nSPS) is 11.5. The minimum atomic E-state index is -0.508. The van der Waals surface area contributed by atoms with E-state index in [1.54, 1.807) is 21.5 Å². The fraction of sp³-hybridized carbons (Fsp3) is 0.139. The van der Waals surface area contributed by atoms with Crippen molar-refractivity contribution in [2.45, 2.75) is 13.2 Å². The van der Waals surface area contributed by atoms with Crippen LogP contribution >= 0.6 is 0 Å². The number of nitrogens with zero attached hydrogens (tertiary/aromatic N) is 3. The van der Waals surface area contributed by atoms with Crippen molar-refractivity contribution in [3.63, 3.8) is 0 Å². The van der Waals surface area contributed by atoms with E-state index >= 15 is 0 Å². The third-order valence-electron chi connectivity index (χ3n) is 7.63. The quantitative estimate of drug-likeness (QED) is 0.124. The predicted octanol–water partition coefficient (Wildman–Crippen LogP) is 7.66. The lowest BCUT2D eigenvalue weighted by atomic mass is 10.2. The van der Waals surface area contributed by atoms with Crippen molar-refractivity contribution < 1.29 is 28.5 Å². The third-order valence-corrected chi connectivity index (χ3v) is 7.63. The third kappa shape index (κ3) is 5.62. The van der Waals surface area contributed by atoms with Crippen LogP contribution < -0.4 is 0 Å². The molecule has 4 aromatic carbocycles. The molecule has 0 unspecified atom stereocenters. The standard InChI is InChI=1S/C36H29N3O6/c40-35(38-31-13-5-1-9-27(31)28-10-2-6-14-32(28)38)44-18-17-42-22-25-19-26(21-37-20-25)23-43-24-45-36(41)39-33-15-7-3-11-29(33)30-12-4-8-16-34(30)39/h1-16,19-21H,17-18,22-24H2. The Morgan fingerprint density at radius 3 is 1.44 bits per heavy atom. The zero-order valence-electron chi connectivity index (χ0n) is 24.3. The second kappa shape index (κ2) is 12.6. The van der Waals surface area contributed by atoms with Gasteiger partial charge in [-0.3, -0.25) is 4.98 Å². The van der Waals surface area contributed by atoms with Crippen molar-refractivity contribution in [3.05, 3.63) is 127 Å². The fourth-order valence-corrected chi connectivity index (χ4v) is 5.70. The van der Waals surface area contributed by atoms with Crippen molar-refractivity contribution in [1.29, 1.82) is 0 Å². The maximum atomic E-state index is 13.0. The van der Waals surface area contributed by atoms with Crippen LogP contribution in [-0.2, 0) is 32.2 Å². The zero-order valence-corrected chi connectivity index (χ0v) is 24.3. The first-order chi connectivity index (χ1) is 22.2. The molecule has 0 aliphatic carbocycles. The minimum absolute atomic E-state index is 0.104. The number of rotatable bonds is 9. The van der Waals surface area contributed by atoms with E-state index in [9.17, 15) is 9.59 Å². The zero-order chi connectivity index (χ0) is 30.6. The number of ether oxygens (including phenoxy) is 4. The summed E-state index contributed by atoms with van der Waals surface area (Å²) in [6.45, 7) is 0.613. The van der Waals surface area contributed by atoms with Crippen LogP contribution in [0.1, 0.15) is 11.1 Å². The maximum absolute atomic E-state index is 13.0. The molecule has 3 heterocycles. The number of hydrogen-bond donors (Lipinski definition) is 0. The highest BCUT2D eigenvalue weighted by molar-refractivity contribution is 6.13. The first-order valence-electron chi connectivity index (χ1n) is 14.6. The molecule has 7 rings (SSSR count). The minimum Gasteiger partial charge on any atom is -0.446 e. The van der Waals surface area contributed by atoms with Crippen LogP contribution in [0.4, 0.5) is 9.59 Å². The number of para-hydroxylation sites is 4. The first-order valence-corrected chi connectivity index (χ1v) is 14.6. The van der Waals surface area contributed by atoms with Crippen molar-refractivity contribution in [1.82, 2.24) is 14.1 Å². The van der Waals surface area contributed by atoms with Gasteiger partial charge < -0.3 is 18.9 Å². The van der Waals surface area contributed by atoms with E-state index in [4.69, 9.17) is 18.9 Å². The molecule has 9 nitrogen and oxygen atoms in total. The van der Waals surface area contributed by atoms with E-state index < -0.39 is 12.2 Å². The van der Waals surface area contributed by atoms with Gasteiger partial charge in [0.15, 0.2) is 6.79 Å². The summed E-state index contributed by atoms with van der Waals surface area (Å²) in [6.07, 6.45) is 2.43. The van der Waals surface area contributed by atoms with Gasteiger partial charge in [-0.1, -0.05) is 72.8 Å². The lowest BCUT2D eigenvalue weighted by Crippen LogP contribution is -2.16. The monoisotopic (exact) mass is 599 g/mol. The number of benzene rings is 4. The summed E-state index contributed by atoms with van der Waals surface area (Å²) in [5.41, 5.74) is 4.81. The van der Waals surface area contributed by atoms with Gasteiger partial charge >= 0.3 is 12.2 Å². The van der Waals surface area contributed by atoms with Gasteiger partial charge in [-0.2, -0.15) is 0 Å². The predicted molar refractivity (Wildman–Crippen MR) is 171 cm³/mol. The van der Waals surface area contributed by atoms with E-state index in [-0.39, 0.29) is 33.2 Å². The van der Waals surface area contributed by atoms with Gasteiger partial charge in [-0.25, -0.2) is 18.7 Å². The summed E-state index contributed by atoms with van der Waals surface area (Å²) in [6, 6.07) is 32.9. The van der Waals surface area contributed by atoms with E-state index in [0.29, 0.717) is 0 Å². The van der Waals surface area contributed by atoms with Gasteiger partial charge in [0.05, 0.1) is 41.9 Å². The highest BCUT2D eigenvalue weighted by atomic mass is 16.7. The molecule has 0 amide bonds. The fourth-order valence-electron chi connectivity index (χ4n) is 5.70. The molecule has 0 aliphatic rings. The Morgan fingerprint density at radius 2 is 0.956 bits per heavy atom. The Balaban J connectivity index is 0.887. The molecule has 0 fully saturated rings. The molecule has 0 aliphatic heterocycles. The van der Waals surface area contributed by atoms with Crippen LogP contribution in [0.2, 0.25) is 0 Å². The van der Waals surface area contributed by atoms with E-state index in [1.807, 2.05) is 103 Å². The molecule has 0 bridgehead atoms. The molecule has 0 saturated carbocycles. The molecule has 0 radical (unpaired) electrons. The smallest absolute Gasteiger partial charge is 0.421 e. The number of pyridine rings is 1. The summed E-state index contributed by atoms with van der Waals surface area (Å²) in [7, 11) is 0. The van der Waals surface area contributed by atoms with Crippen molar-refractivity contribution in [3.8, 4) is 0 Å². The van der Waals surface area contributed by atoms with Crippen molar-refractivity contribution in [2.75, 3.05) is 20.0 Å². The second-order valence-corrected chi connectivity index (χ2v) is 10.5. The number of carbonyl (C=O) groups is 2. The van der Waals surface area contributed by atoms with Gasteiger partial charge in [0.2, 0.25) is 0 Å². The summed E-state index contributed by atoms with van der Waals surface area (Å²) in [5.74, 6) is 0. The molecule has 45 heavy (non-hydrogen) atoms. The number of fused-ring (bicyclic) bond motifs is 6. The maximum Gasteiger partial charge on any atom is 0.421 e. The topological polar surface area (TPSA) is 93.8 Å². The van der Waals surface area contributed by atoms with Crippen LogP contribution in [0.5, 0.6) is 0 Å². The molecule has 9 heteroatoms. The Bertz CT molecular complexity index is 2060. The molecule has 0 spiro atoms. The van der Waals surface area contributed by atoms with Crippen LogP contribution in [0, 0.1) is 0 Å². The van der Waals surface area contributed by atoms with Gasteiger partial charge in [0, 0.05) is 33.9 Å². The SMILES string of the molecule is O=C(OCCOCc1cncc(COCOC(=O)n2c3ccccc3c3ccccc32)c1)n1c2ccccc2c2ccccc21. The number of hydrogen-bond acceptors (Lipinski definition) is 7. The van der Waals surface area contributed by atoms with E-state index in [2.05, 4.69) is 4.98 Å². The van der Waals surface area contributed by atoms with Crippen LogP contribution in [0.15, 0.2) is 116 Å². The lowest BCUT2D eigenvalue weighted by Gasteiger charge is -2.10. The van der Waals surface area contributed by atoms with Gasteiger partial charge in [0.1, 0.15) is 6.61 Å². The number of carbonyl (C=O) groups excluding carboxylic acids is 2. The highest BCUT2D eigenvalue weighted by Crippen LogP contribution is 2.30. The Labute approximate surface area is 258 Å². The van der Waals surface area contributed by atoms with E-state index in [1.165, 1.54) is 0 Å². The molecule has 0 saturated heterocycles. The Hall–Kier alpha value is -5.51.